The van der Waals surface area contributed by atoms with Gasteiger partial charge >= 0.3 is 0 Å². The van der Waals surface area contributed by atoms with Gasteiger partial charge in [-0.05, 0) is 30.9 Å². The maximum atomic E-state index is 12.2. The van der Waals surface area contributed by atoms with Crippen LogP contribution in [0.2, 0.25) is 0 Å². The van der Waals surface area contributed by atoms with Crippen molar-refractivity contribution in [3.8, 4) is 0 Å². The quantitative estimate of drug-likeness (QED) is 0.839. The standard InChI is InChI=1S/C13H16N2O3/c16-12-10(3-4-11(14-12)9-1-2-9)13(17)15-5-7-18-8-6-15/h3-4,9H,1-2,5-8H2,(H,14,16). The van der Waals surface area contributed by atoms with E-state index in [-0.39, 0.29) is 17.0 Å². The predicted molar refractivity (Wildman–Crippen MR) is 65.8 cm³/mol. The highest BCUT2D eigenvalue weighted by Crippen LogP contribution is 2.38. The largest absolute Gasteiger partial charge is 0.378 e. The first-order valence-corrected chi connectivity index (χ1v) is 6.36. The Balaban J connectivity index is 1.82. The molecule has 1 aliphatic carbocycles. The molecule has 5 heteroatoms. The van der Waals surface area contributed by atoms with Crippen LogP contribution in [0.3, 0.4) is 0 Å². The van der Waals surface area contributed by atoms with Crippen LogP contribution in [-0.4, -0.2) is 42.1 Å². The number of H-pyrrole nitrogens is 1. The molecule has 2 heterocycles. The zero-order valence-electron chi connectivity index (χ0n) is 10.1. The minimum atomic E-state index is -0.268. The first kappa shape index (κ1) is 11.5. The van der Waals surface area contributed by atoms with Crippen LogP contribution in [0.1, 0.15) is 34.8 Å². The molecule has 1 saturated heterocycles. The lowest BCUT2D eigenvalue weighted by molar-refractivity contribution is 0.0301. The van der Waals surface area contributed by atoms with Crippen LogP contribution in [0.25, 0.3) is 0 Å². The number of rotatable bonds is 2. The summed E-state index contributed by atoms with van der Waals surface area (Å²) in [5.41, 5.74) is 0.927. The SMILES string of the molecule is O=C(c1ccc(C2CC2)[nH]c1=O)N1CCOCC1. The van der Waals surface area contributed by atoms with Crippen LogP contribution in [0.15, 0.2) is 16.9 Å². The first-order chi connectivity index (χ1) is 8.75. The molecule has 1 aromatic heterocycles. The molecule has 0 radical (unpaired) electrons. The Labute approximate surface area is 105 Å². The molecule has 1 saturated carbocycles. The number of nitrogens with one attached hydrogen (secondary N) is 1. The number of aromatic nitrogens is 1. The maximum absolute atomic E-state index is 12.2. The van der Waals surface area contributed by atoms with Gasteiger partial charge in [0.25, 0.3) is 11.5 Å². The number of ether oxygens (including phenoxy) is 1. The van der Waals surface area contributed by atoms with Gasteiger partial charge in [-0.15, -0.1) is 0 Å². The van der Waals surface area contributed by atoms with Crippen molar-refractivity contribution in [2.75, 3.05) is 26.3 Å². The summed E-state index contributed by atoms with van der Waals surface area (Å²) in [5, 5.41) is 0. The van der Waals surface area contributed by atoms with Crippen LogP contribution < -0.4 is 5.56 Å². The Morgan fingerprint density at radius 2 is 2.00 bits per heavy atom. The zero-order valence-corrected chi connectivity index (χ0v) is 10.1. The van der Waals surface area contributed by atoms with E-state index in [1.807, 2.05) is 6.07 Å². The summed E-state index contributed by atoms with van der Waals surface area (Å²) in [6.07, 6.45) is 2.26. The van der Waals surface area contributed by atoms with Gasteiger partial charge in [-0.1, -0.05) is 0 Å². The fourth-order valence-electron chi connectivity index (χ4n) is 2.23. The van der Waals surface area contributed by atoms with Gasteiger partial charge in [0.05, 0.1) is 13.2 Å². The lowest BCUT2D eigenvalue weighted by atomic mass is 10.2. The Morgan fingerprint density at radius 1 is 1.28 bits per heavy atom. The van der Waals surface area contributed by atoms with E-state index < -0.39 is 0 Å². The van der Waals surface area contributed by atoms with Crippen molar-refractivity contribution in [3.05, 3.63) is 33.7 Å². The molecule has 2 aliphatic rings. The van der Waals surface area contributed by atoms with Gasteiger partial charge in [0.15, 0.2) is 0 Å². The van der Waals surface area contributed by atoms with Gasteiger partial charge in [0.2, 0.25) is 0 Å². The summed E-state index contributed by atoms with van der Waals surface area (Å²) in [6, 6.07) is 3.52. The van der Waals surface area contributed by atoms with E-state index in [2.05, 4.69) is 4.98 Å². The molecule has 18 heavy (non-hydrogen) atoms. The number of nitrogens with zero attached hydrogens (tertiary/aromatic N) is 1. The third-order valence-corrected chi connectivity index (χ3v) is 3.48. The highest BCUT2D eigenvalue weighted by Gasteiger charge is 2.26. The number of morpholine rings is 1. The van der Waals surface area contributed by atoms with Gasteiger partial charge < -0.3 is 14.6 Å². The van der Waals surface area contributed by atoms with E-state index in [1.54, 1.807) is 11.0 Å². The van der Waals surface area contributed by atoms with Crippen LogP contribution in [0.5, 0.6) is 0 Å². The summed E-state index contributed by atoms with van der Waals surface area (Å²) in [7, 11) is 0. The highest BCUT2D eigenvalue weighted by atomic mass is 16.5. The molecule has 5 nitrogen and oxygen atoms in total. The van der Waals surface area contributed by atoms with Crippen molar-refractivity contribution in [1.29, 1.82) is 0 Å². The molecular weight excluding hydrogens is 232 g/mol. The molecule has 0 atom stereocenters. The van der Waals surface area contributed by atoms with Crippen LogP contribution >= 0.6 is 0 Å². The van der Waals surface area contributed by atoms with E-state index >= 15 is 0 Å². The number of pyridine rings is 1. The Hall–Kier alpha value is -1.62. The average molecular weight is 248 g/mol. The van der Waals surface area contributed by atoms with Crippen molar-refractivity contribution in [2.24, 2.45) is 0 Å². The molecule has 3 rings (SSSR count). The second-order valence-electron chi connectivity index (χ2n) is 4.84. The van der Waals surface area contributed by atoms with Crippen molar-refractivity contribution >= 4 is 5.91 Å². The lowest BCUT2D eigenvalue weighted by Gasteiger charge is -2.26. The second-order valence-corrected chi connectivity index (χ2v) is 4.84. The molecule has 1 aliphatic heterocycles. The van der Waals surface area contributed by atoms with E-state index in [9.17, 15) is 9.59 Å². The van der Waals surface area contributed by atoms with Gasteiger partial charge in [-0.25, -0.2) is 0 Å². The Kier molecular flexibility index (Phi) is 2.91. The summed E-state index contributed by atoms with van der Waals surface area (Å²) < 4.78 is 5.19. The molecule has 0 spiro atoms. The van der Waals surface area contributed by atoms with Crippen molar-refractivity contribution < 1.29 is 9.53 Å². The summed E-state index contributed by atoms with van der Waals surface area (Å²) in [6.45, 7) is 2.21. The fourth-order valence-corrected chi connectivity index (χ4v) is 2.23. The number of hydrogen-bond donors (Lipinski definition) is 1. The number of aromatic amines is 1. The normalized spacial score (nSPS) is 19.9. The Bertz CT molecular complexity index is 513. The van der Waals surface area contributed by atoms with Crippen LogP contribution in [0.4, 0.5) is 0 Å². The van der Waals surface area contributed by atoms with Crippen molar-refractivity contribution in [3.63, 3.8) is 0 Å². The first-order valence-electron chi connectivity index (χ1n) is 6.36. The minimum absolute atomic E-state index is 0.193. The zero-order chi connectivity index (χ0) is 12.5. The second kappa shape index (κ2) is 4.57. The Morgan fingerprint density at radius 3 is 2.61 bits per heavy atom. The fraction of sp³-hybridized carbons (Fsp3) is 0.538. The third-order valence-electron chi connectivity index (χ3n) is 3.48. The monoisotopic (exact) mass is 248 g/mol. The number of hydrogen-bond acceptors (Lipinski definition) is 3. The van der Waals surface area contributed by atoms with E-state index in [0.29, 0.717) is 32.2 Å². The van der Waals surface area contributed by atoms with Crippen molar-refractivity contribution in [2.45, 2.75) is 18.8 Å². The molecule has 0 aromatic carbocycles. The van der Waals surface area contributed by atoms with Crippen LogP contribution in [-0.2, 0) is 4.74 Å². The molecule has 0 unspecified atom stereocenters. The lowest BCUT2D eigenvalue weighted by Crippen LogP contribution is -2.42. The third kappa shape index (κ3) is 2.18. The molecule has 1 amide bonds. The molecule has 96 valence electrons. The molecular formula is C13H16N2O3. The minimum Gasteiger partial charge on any atom is -0.378 e. The number of carbonyl (C=O) groups is 1. The van der Waals surface area contributed by atoms with E-state index in [0.717, 1.165) is 18.5 Å². The summed E-state index contributed by atoms with van der Waals surface area (Å²) in [5.74, 6) is 0.298. The van der Waals surface area contributed by atoms with Gasteiger partial charge in [-0.2, -0.15) is 0 Å². The molecule has 2 fully saturated rings. The predicted octanol–water partition coefficient (Wildman–Crippen LogP) is 0.725. The number of carbonyl (C=O) groups excluding carboxylic acids is 1. The topological polar surface area (TPSA) is 62.4 Å². The van der Waals surface area contributed by atoms with E-state index in [1.165, 1.54) is 0 Å². The molecule has 1 aromatic rings. The molecule has 0 bridgehead atoms. The highest BCUT2D eigenvalue weighted by molar-refractivity contribution is 5.93. The smallest absolute Gasteiger partial charge is 0.261 e. The average Bonchev–Trinajstić information content (AvgIpc) is 3.23. The maximum Gasteiger partial charge on any atom is 0.261 e. The van der Waals surface area contributed by atoms with Crippen LogP contribution in [0, 0.1) is 0 Å². The van der Waals surface area contributed by atoms with E-state index in [4.69, 9.17) is 4.74 Å². The van der Waals surface area contributed by atoms with Crippen molar-refractivity contribution in [1.82, 2.24) is 9.88 Å². The summed E-state index contributed by atoms with van der Waals surface area (Å²) in [4.78, 5) is 28.6. The van der Waals surface area contributed by atoms with Gasteiger partial charge in [0.1, 0.15) is 5.56 Å². The van der Waals surface area contributed by atoms with Gasteiger partial charge in [-0.3, -0.25) is 9.59 Å². The molecule has 1 N–H and O–H groups in total. The summed E-state index contributed by atoms with van der Waals surface area (Å²) >= 11 is 0. The number of amides is 1. The van der Waals surface area contributed by atoms with Gasteiger partial charge in [0, 0.05) is 18.8 Å².